The van der Waals surface area contributed by atoms with Gasteiger partial charge in [-0.1, -0.05) is 17.7 Å². The lowest BCUT2D eigenvalue weighted by Gasteiger charge is -2.11. The maximum absolute atomic E-state index is 13.0. The molecule has 2 rings (SSSR count). The Labute approximate surface area is 138 Å². The average molecular weight is 379 g/mol. The highest BCUT2D eigenvalue weighted by Gasteiger charge is 2.18. The average Bonchev–Trinajstić information content (AvgIpc) is 2.35. The van der Waals surface area contributed by atoms with E-state index < -0.39 is 25.9 Å². The largest absolute Gasteiger partial charge is 0.284 e. The molecule has 0 aliphatic rings. The molecule has 0 aliphatic carbocycles. The van der Waals surface area contributed by atoms with Gasteiger partial charge in [-0.2, -0.15) is 0 Å². The van der Waals surface area contributed by atoms with Gasteiger partial charge in [-0.15, -0.1) is 0 Å². The Balaban J connectivity index is 2.32. The molecule has 2 aromatic carbocycles. The Bertz CT molecular complexity index is 946. The lowest BCUT2D eigenvalue weighted by atomic mass is 10.3. The van der Waals surface area contributed by atoms with Crippen LogP contribution in [0.4, 0.5) is 15.8 Å². The Morgan fingerprint density at radius 2 is 1.57 bits per heavy atom. The van der Waals surface area contributed by atoms with E-state index in [1.165, 1.54) is 24.3 Å². The van der Waals surface area contributed by atoms with Crippen LogP contribution in [0.1, 0.15) is 0 Å². The predicted octanol–water partition coefficient (Wildman–Crippen LogP) is 2.65. The van der Waals surface area contributed by atoms with E-state index in [0.29, 0.717) is 0 Å². The first kappa shape index (κ1) is 17.5. The molecule has 0 aromatic heterocycles. The molecule has 0 spiro atoms. The first-order valence-electron chi connectivity index (χ1n) is 6.12. The van der Waals surface area contributed by atoms with Crippen LogP contribution in [0.5, 0.6) is 0 Å². The Hall–Kier alpha value is -1.84. The highest BCUT2D eigenvalue weighted by Crippen LogP contribution is 2.25. The van der Waals surface area contributed by atoms with E-state index in [-0.39, 0.29) is 21.3 Å². The molecule has 124 valence electrons. The number of anilines is 2. The lowest BCUT2D eigenvalue weighted by Crippen LogP contribution is -2.14. The third-order valence-corrected chi connectivity index (χ3v) is 5.07. The maximum Gasteiger partial charge on any atom is 0.263 e. The van der Waals surface area contributed by atoms with Gasteiger partial charge in [-0.05, 0) is 36.4 Å². The Morgan fingerprint density at radius 3 is 2.13 bits per heavy atom. The third kappa shape index (κ3) is 4.81. The van der Waals surface area contributed by atoms with Gasteiger partial charge in [-0.3, -0.25) is 9.44 Å². The standard InChI is InChI=1S/C13H12ClFN2O4S2/c1-22(18,19)16-10-3-2-4-11(8-10)17-23(20,21)13-6-5-9(15)7-12(13)14/h2-8,16-17H,1H3. The van der Waals surface area contributed by atoms with Crippen molar-refractivity contribution in [2.45, 2.75) is 4.90 Å². The molecular weight excluding hydrogens is 367 g/mol. The molecule has 0 atom stereocenters. The van der Waals surface area contributed by atoms with E-state index in [2.05, 4.69) is 9.44 Å². The number of hydrogen-bond donors (Lipinski definition) is 2. The minimum atomic E-state index is -4.05. The second-order valence-corrected chi connectivity index (χ2v) is 8.44. The van der Waals surface area contributed by atoms with Crippen LogP contribution < -0.4 is 9.44 Å². The Kier molecular flexibility index (Phi) is 4.83. The summed E-state index contributed by atoms with van der Waals surface area (Å²) in [4.78, 5) is -0.290. The fourth-order valence-electron chi connectivity index (χ4n) is 1.76. The zero-order valence-corrected chi connectivity index (χ0v) is 14.1. The molecule has 0 unspecified atom stereocenters. The maximum atomic E-state index is 13.0. The molecule has 2 N–H and O–H groups in total. The van der Waals surface area contributed by atoms with Crippen LogP contribution in [0, 0.1) is 5.82 Å². The molecule has 2 aromatic rings. The SMILES string of the molecule is CS(=O)(=O)Nc1cccc(NS(=O)(=O)c2ccc(F)cc2Cl)c1. The van der Waals surface area contributed by atoms with Crippen LogP contribution in [-0.2, 0) is 20.0 Å². The van der Waals surface area contributed by atoms with Gasteiger partial charge in [0, 0.05) is 0 Å². The predicted molar refractivity (Wildman–Crippen MR) is 87.1 cm³/mol. The van der Waals surface area contributed by atoms with Crippen molar-refractivity contribution in [3.05, 3.63) is 53.3 Å². The molecule has 0 aliphatic heterocycles. The van der Waals surface area contributed by atoms with Gasteiger partial charge in [0.2, 0.25) is 10.0 Å². The summed E-state index contributed by atoms with van der Waals surface area (Å²) >= 11 is 5.75. The minimum Gasteiger partial charge on any atom is -0.284 e. The zero-order chi connectivity index (χ0) is 17.3. The summed E-state index contributed by atoms with van der Waals surface area (Å²) in [6.07, 6.45) is 0.974. The van der Waals surface area contributed by atoms with Gasteiger partial charge in [0.1, 0.15) is 10.7 Å². The van der Waals surface area contributed by atoms with Crippen LogP contribution in [0.15, 0.2) is 47.4 Å². The molecule has 0 heterocycles. The monoisotopic (exact) mass is 378 g/mol. The number of halogens is 2. The van der Waals surface area contributed by atoms with E-state index in [4.69, 9.17) is 11.6 Å². The second-order valence-electron chi connectivity index (χ2n) is 4.64. The van der Waals surface area contributed by atoms with E-state index in [1.807, 2.05) is 0 Å². The molecule has 0 fully saturated rings. The molecule has 0 radical (unpaired) electrons. The van der Waals surface area contributed by atoms with Crippen molar-refractivity contribution in [2.75, 3.05) is 15.7 Å². The number of nitrogens with one attached hydrogen (secondary N) is 2. The van der Waals surface area contributed by atoms with Crippen LogP contribution in [-0.4, -0.2) is 23.1 Å². The molecule has 10 heteroatoms. The highest BCUT2D eigenvalue weighted by molar-refractivity contribution is 7.93. The van der Waals surface area contributed by atoms with Gasteiger partial charge < -0.3 is 0 Å². The van der Waals surface area contributed by atoms with Gasteiger partial charge in [0.25, 0.3) is 10.0 Å². The lowest BCUT2D eigenvalue weighted by molar-refractivity contribution is 0.599. The molecule has 0 saturated carbocycles. The topological polar surface area (TPSA) is 92.3 Å². The van der Waals surface area contributed by atoms with Crippen molar-refractivity contribution in [1.29, 1.82) is 0 Å². The zero-order valence-electron chi connectivity index (χ0n) is 11.7. The normalized spacial score (nSPS) is 12.0. The van der Waals surface area contributed by atoms with E-state index >= 15 is 0 Å². The number of hydrogen-bond acceptors (Lipinski definition) is 4. The summed E-state index contributed by atoms with van der Waals surface area (Å²) in [5.41, 5.74) is 0.317. The van der Waals surface area contributed by atoms with Gasteiger partial charge in [0.15, 0.2) is 0 Å². The third-order valence-electron chi connectivity index (χ3n) is 2.60. The molecule has 0 amide bonds. The first-order valence-corrected chi connectivity index (χ1v) is 9.88. The van der Waals surface area contributed by atoms with Crippen molar-refractivity contribution in [3.63, 3.8) is 0 Å². The highest BCUT2D eigenvalue weighted by atomic mass is 35.5. The minimum absolute atomic E-state index is 0.124. The van der Waals surface area contributed by atoms with E-state index in [9.17, 15) is 21.2 Å². The fourth-order valence-corrected chi connectivity index (χ4v) is 3.90. The summed E-state index contributed by atoms with van der Waals surface area (Å²) in [5.74, 6) is -0.659. The summed E-state index contributed by atoms with van der Waals surface area (Å²) in [7, 11) is -7.54. The molecule has 23 heavy (non-hydrogen) atoms. The number of rotatable bonds is 5. The van der Waals surface area contributed by atoms with Crippen molar-refractivity contribution < 1.29 is 21.2 Å². The fraction of sp³-hybridized carbons (Fsp3) is 0.0769. The van der Waals surface area contributed by atoms with E-state index in [1.54, 1.807) is 0 Å². The van der Waals surface area contributed by atoms with Crippen LogP contribution in [0.2, 0.25) is 5.02 Å². The van der Waals surface area contributed by atoms with Gasteiger partial charge in [-0.25, -0.2) is 21.2 Å². The Morgan fingerprint density at radius 1 is 0.957 bits per heavy atom. The molecule has 6 nitrogen and oxygen atoms in total. The van der Waals surface area contributed by atoms with Crippen LogP contribution in [0.3, 0.4) is 0 Å². The van der Waals surface area contributed by atoms with Gasteiger partial charge in [0.05, 0.1) is 22.7 Å². The molecule has 0 saturated heterocycles. The van der Waals surface area contributed by atoms with E-state index in [0.717, 1.165) is 24.5 Å². The summed E-state index contributed by atoms with van der Waals surface area (Å²) in [6.45, 7) is 0. The molecule has 0 bridgehead atoms. The van der Waals surface area contributed by atoms with Crippen molar-refractivity contribution in [2.24, 2.45) is 0 Å². The second kappa shape index (κ2) is 6.34. The van der Waals surface area contributed by atoms with Crippen molar-refractivity contribution >= 4 is 43.0 Å². The first-order chi connectivity index (χ1) is 10.6. The number of sulfonamides is 2. The molecular formula is C13H12ClFN2O4S2. The quantitative estimate of drug-likeness (QED) is 0.836. The van der Waals surface area contributed by atoms with Crippen molar-refractivity contribution in [3.8, 4) is 0 Å². The summed E-state index contributed by atoms with van der Waals surface area (Å²) in [6, 6.07) is 8.57. The van der Waals surface area contributed by atoms with Gasteiger partial charge >= 0.3 is 0 Å². The summed E-state index contributed by atoms with van der Waals surface area (Å²) in [5, 5.41) is -0.261. The number of benzene rings is 2. The van der Waals surface area contributed by atoms with Crippen LogP contribution >= 0.6 is 11.6 Å². The van der Waals surface area contributed by atoms with Crippen LogP contribution in [0.25, 0.3) is 0 Å². The summed E-state index contributed by atoms with van der Waals surface area (Å²) < 4.78 is 64.4. The van der Waals surface area contributed by atoms with Crippen molar-refractivity contribution in [1.82, 2.24) is 0 Å². The smallest absolute Gasteiger partial charge is 0.263 e.